The summed E-state index contributed by atoms with van der Waals surface area (Å²) in [5.41, 5.74) is 2.26. The Bertz CT molecular complexity index is 573. The number of aryl methyl sites for hydroxylation is 1. The van der Waals surface area contributed by atoms with Crippen LogP contribution in [-0.2, 0) is 10.2 Å². The van der Waals surface area contributed by atoms with Crippen LogP contribution in [0.15, 0.2) is 24.3 Å². The lowest BCUT2D eigenvalue weighted by Crippen LogP contribution is -2.47. The number of amides is 2. The molecule has 1 saturated carbocycles. The van der Waals surface area contributed by atoms with E-state index in [1.54, 1.807) is 0 Å². The Morgan fingerprint density at radius 2 is 1.71 bits per heavy atom. The molecule has 0 bridgehead atoms. The minimum Gasteiger partial charge on any atom is -0.481 e. The van der Waals surface area contributed by atoms with Crippen molar-refractivity contribution in [3.63, 3.8) is 0 Å². The zero-order valence-corrected chi connectivity index (χ0v) is 14.8. The first-order chi connectivity index (χ1) is 11.3. The molecule has 5 nitrogen and oxygen atoms in total. The third-order valence-electron chi connectivity index (χ3n) is 4.94. The standard InChI is InChI=1S/C19H28N2O3/c1-13-4-8-15(9-5-13)19(2,3)12-20-18(24)21-16-10-6-14(7-11-16)17(22)23/h4-5,8-9,14,16H,6-7,10-12H2,1-3H3,(H,22,23)(H2,20,21,24). The van der Waals surface area contributed by atoms with E-state index < -0.39 is 5.97 Å². The summed E-state index contributed by atoms with van der Waals surface area (Å²) < 4.78 is 0. The SMILES string of the molecule is Cc1ccc(C(C)(C)CNC(=O)NC2CCC(C(=O)O)CC2)cc1. The van der Waals surface area contributed by atoms with Gasteiger partial charge in [-0.1, -0.05) is 43.7 Å². The molecular weight excluding hydrogens is 304 g/mol. The first-order valence-electron chi connectivity index (χ1n) is 8.62. The molecule has 24 heavy (non-hydrogen) atoms. The van der Waals surface area contributed by atoms with E-state index >= 15 is 0 Å². The largest absolute Gasteiger partial charge is 0.481 e. The summed E-state index contributed by atoms with van der Waals surface area (Å²) in [5, 5.41) is 14.9. The molecule has 1 fully saturated rings. The molecule has 0 aliphatic heterocycles. The molecule has 0 heterocycles. The predicted octanol–water partition coefficient (Wildman–Crippen LogP) is 3.22. The number of carboxylic acid groups (broad SMARTS) is 1. The summed E-state index contributed by atoms with van der Waals surface area (Å²) in [4.78, 5) is 23.1. The highest BCUT2D eigenvalue weighted by Gasteiger charge is 2.27. The molecule has 2 amide bonds. The quantitative estimate of drug-likeness (QED) is 0.775. The van der Waals surface area contributed by atoms with Crippen LogP contribution in [0.5, 0.6) is 0 Å². The fourth-order valence-corrected chi connectivity index (χ4v) is 3.13. The third-order valence-corrected chi connectivity index (χ3v) is 4.94. The Labute approximate surface area is 143 Å². The maximum Gasteiger partial charge on any atom is 0.315 e. The Balaban J connectivity index is 1.78. The van der Waals surface area contributed by atoms with Crippen molar-refractivity contribution in [2.45, 2.75) is 57.9 Å². The highest BCUT2D eigenvalue weighted by molar-refractivity contribution is 5.74. The van der Waals surface area contributed by atoms with Gasteiger partial charge in [-0.3, -0.25) is 4.79 Å². The highest BCUT2D eigenvalue weighted by Crippen LogP contribution is 2.25. The molecule has 0 saturated heterocycles. The molecule has 1 aromatic carbocycles. The van der Waals surface area contributed by atoms with Crippen molar-refractivity contribution in [3.8, 4) is 0 Å². The van der Waals surface area contributed by atoms with E-state index in [0.29, 0.717) is 19.4 Å². The molecule has 1 aromatic rings. The predicted molar refractivity (Wildman–Crippen MR) is 94.1 cm³/mol. The Hall–Kier alpha value is -2.04. The van der Waals surface area contributed by atoms with E-state index in [9.17, 15) is 9.59 Å². The van der Waals surface area contributed by atoms with Gasteiger partial charge in [-0.05, 0) is 38.2 Å². The van der Waals surface area contributed by atoms with Gasteiger partial charge in [0.15, 0.2) is 0 Å². The summed E-state index contributed by atoms with van der Waals surface area (Å²) in [6.07, 6.45) is 2.72. The van der Waals surface area contributed by atoms with Gasteiger partial charge in [-0.15, -0.1) is 0 Å². The third kappa shape index (κ3) is 4.98. The summed E-state index contributed by atoms with van der Waals surface area (Å²) in [7, 11) is 0. The lowest BCUT2D eigenvalue weighted by atomic mass is 9.84. The van der Waals surface area contributed by atoms with Crippen LogP contribution in [0.3, 0.4) is 0 Å². The topological polar surface area (TPSA) is 78.4 Å². The summed E-state index contributed by atoms with van der Waals surface area (Å²) in [6, 6.07) is 8.26. The lowest BCUT2D eigenvalue weighted by Gasteiger charge is -2.29. The van der Waals surface area contributed by atoms with Crippen LogP contribution in [0, 0.1) is 12.8 Å². The number of rotatable bonds is 5. The number of benzene rings is 1. The van der Waals surface area contributed by atoms with Crippen molar-refractivity contribution < 1.29 is 14.7 Å². The number of nitrogens with one attached hydrogen (secondary N) is 2. The maximum atomic E-state index is 12.1. The molecular formula is C19H28N2O3. The van der Waals surface area contributed by atoms with Gasteiger partial charge in [0.25, 0.3) is 0 Å². The lowest BCUT2D eigenvalue weighted by molar-refractivity contribution is -0.142. The van der Waals surface area contributed by atoms with Gasteiger partial charge in [0, 0.05) is 18.0 Å². The fourth-order valence-electron chi connectivity index (χ4n) is 3.13. The van der Waals surface area contributed by atoms with Crippen molar-refractivity contribution in [1.29, 1.82) is 0 Å². The van der Waals surface area contributed by atoms with Gasteiger partial charge in [-0.25, -0.2) is 4.79 Å². The van der Waals surface area contributed by atoms with Crippen molar-refractivity contribution in [1.82, 2.24) is 10.6 Å². The van der Waals surface area contributed by atoms with Crippen LogP contribution in [0.25, 0.3) is 0 Å². The average molecular weight is 332 g/mol. The van der Waals surface area contributed by atoms with Gasteiger partial charge in [0.05, 0.1) is 5.92 Å². The van der Waals surface area contributed by atoms with Crippen LogP contribution in [0.2, 0.25) is 0 Å². The van der Waals surface area contributed by atoms with Gasteiger partial charge in [-0.2, -0.15) is 0 Å². The number of carboxylic acids is 1. The van der Waals surface area contributed by atoms with Crippen molar-refractivity contribution in [2.75, 3.05) is 6.54 Å². The van der Waals surface area contributed by atoms with E-state index in [4.69, 9.17) is 5.11 Å². The van der Waals surface area contributed by atoms with Crippen molar-refractivity contribution in [3.05, 3.63) is 35.4 Å². The van der Waals surface area contributed by atoms with Crippen LogP contribution in [-0.4, -0.2) is 29.7 Å². The molecule has 1 aliphatic carbocycles. The van der Waals surface area contributed by atoms with Gasteiger partial charge in [0.2, 0.25) is 0 Å². The molecule has 5 heteroatoms. The number of urea groups is 1. The summed E-state index contributed by atoms with van der Waals surface area (Å²) in [5.74, 6) is -0.982. The number of carbonyl (C=O) groups is 2. The average Bonchev–Trinajstić information content (AvgIpc) is 2.54. The molecule has 0 atom stereocenters. The second-order valence-corrected chi connectivity index (χ2v) is 7.46. The van der Waals surface area contributed by atoms with Crippen LogP contribution in [0.4, 0.5) is 4.79 Å². The zero-order valence-electron chi connectivity index (χ0n) is 14.8. The first-order valence-corrected chi connectivity index (χ1v) is 8.62. The Morgan fingerprint density at radius 3 is 2.25 bits per heavy atom. The van der Waals surface area contributed by atoms with E-state index in [2.05, 4.69) is 55.7 Å². The molecule has 132 valence electrons. The normalized spacial score (nSPS) is 21.1. The van der Waals surface area contributed by atoms with Crippen molar-refractivity contribution in [2.24, 2.45) is 5.92 Å². The second-order valence-electron chi connectivity index (χ2n) is 7.46. The van der Waals surface area contributed by atoms with Gasteiger partial charge in [0.1, 0.15) is 0 Å². The monoisotopic (exact) mass is 332 g/mol. The highest BCUT2D eigenvalue weighted by atomic mass is 16.4. The fraction of sp³-hybridized carbons (Fsp3) is 0.579. The van der Waals surface area contributed by atoms with Crippen LogP contribution < -0.4 is 10.6 Å². The zero-order chi connectivity index (χ0) is 17.7. The number of hydrogen-bond donors (Lipinski definition) is 3. The van der Waals surface area contributed by atoms with E-state index in [-0.39, 0.29) is 23.4 Å². The smallest absolute Gasteiger partial charge is 0.315 e. The number of aliphatic carboxylic acids is 1. The van der Waals surface area contributed by atoms with Gasteiger partial charge < -0.3 is 15.7 Å². The first kappa shape index (κ1) is 18.3. The molecule has 0 radical (unpaired) electrons. The number of carbonyl (C=O) groups excluding carboxylic acids is 1. The van der Waals surface area contributed by atoms with E-state index in [1.165, 1.54) is 11.1 Å². The van der Waals surface area contributed by atoms with Crippen LogP contribution in [0.1, 0.15) is 50.7 Å². The minimum atomic E-state index is -0.724. The second kappa shape index (κ2) is 7.69. The molecule has 2 rings (SSSR count). The molecule has 0 spiro atoms. The van der Waals surface area contributed by atoms with Crippen LogP contribution >= 0.6 is 0 Å². The summed E-state index contributed by atoms with van der Waals surface area (Å²) in [6.45, 7) is 6.82. The maximum absolute atomic E-state index is 12.1. The Kier molecular flexibility index (Phi) is 5.86. The number of hydrogen-bond acceptors (Lipinski definition) is 2. The summed E-state index contributed by atoms with van der Waals surface area (Å²) >= 11 is 0. The minimum absolute atomic E-state index is 0.0723. The molecule has 0 aromatic heterocycles. The van der Waals surface area contributed by atoms with Crippen molar-refractivity contribution >= 4 is 12.0 Å². The molecule has 0 unspecified atom stereocenters. The van der Waals surface area contributed by atoms with Gasteiger partial charge >= 0.3 is 12.0 Å². The molecule has 3 N–H and O–H groups in total. The van der Waals surface area contributed by atoms with E-state index in [1.807, 2.05) is 0 Å². The van der Waals surface area contributed by atoms with E-state index in [0.717, 1.165) is 12.8 Å². The Morgan fingerprint density at radius 1 is 1.12 bits per heavy atom. The molecule has 1 aliphatic rings.